The smallest absolute Gasteiger partial charge is 0.294 e. The SMILES string of the molecule is COc1ncc([C@@H]2O[C@H](CO)[C@@H](O)[C@H]2O)c(=S)[nH]1. The molecule has 2 rings (SSSR count). The zero-order chi connectivity index (χ0) is 13.3. The zero-order valence-corrected chi connectivity index (χ0v) is 10.4. The maximum atomic E-state index is 9.86. The summed E-state index contributed by atoms with van der Waals surface area (Å²) in [6, 6.07) is 0.246. The third kappa shape index (κ3) is 2.25. The lowest BCUT2D eigenvalue weighted by Gasteiger charge is -2.14. The normalized spacial score (nSPS) is 31.6. The molecule has 0 amide bonds. The summed E-state index contributed by atoms with van der Waals surface area (Å²) >= 11 is 5.10. The third-order valence-corrected chi connectivity index (χ3v) is 3.18. The highest BCUT2D eigenvalue weighted by atomic mass is 32.1. The van der Waals surface area contributed by atoms with Crippen molar-refractivity contribution in [2.24, 2.45) is 0 Å². The molecule has 100 valence electrons. The number of ether oxygens (including phenoxy) is 2. The van der Waals surface area contributed by atoms with Gasteiger partial charge in [0.1, 0.15) is 29.1 Å². The summed E-state index contributed by atoms with van der Waals surface area (Å²) in [5.41, 5.74) is 0.438. The Balaban J connectivity index is 2.30. The molecular weight excluding hydrogens is 260 g/mol. The second kappa shape index (κ2) is 5.29. The largest absolute Gasteiger partial charge is 0.468 e. The second-order valence-corrected chi connectivity index (χ2v) is 4.34. The van der Waals surface area contributed by atoms with Gasteiger partial charge in [0.25, 0.3) is 6.01 Å². The molecule has 1 aromatic heterocycles. The zero-order valence-electron chi connectivity index (χ0n) is 9.61. The van der Waals surface area contributed by atoms with E-state index in [2.05, 4.69) is 9.97 Å². The first-order chi connectivity index (χ1) is 8.58. The number of hydrogen-bond acceptors (Lipinski definition) is 7. The molecule has 7 nitrogen and oxygen atoms in total. The minimum Gasteiger partial charge on any atom is -0.468 e. The average Bonchev–Trinajstić information content (AvgIpc) is 2.66. The molecule has 8 heteroatoms. The van der Waals surface area contributed by atoms with E-state index in [-0.39, 0.29) is 12.6 Å². The highest BCUT2D eigenvalue weighted by Crippen LogP contribution is 2.33. The van der Waals surface area contributed by atoms with Crippen LogP contribution in [0.4, 0.5) is 0 Å². The molecule has 1 aromatic rings. The van der Waals surface area contributed by atoms with Gasteiger partial charge in [-0.25, -0.2) is 4.98 Å². The second-order valence-electron chi connectivity index (χ2n) is 3.94. The van der Waals surface area contributed by atoms with Gasteiger partial charge in [0.15, 0.2) is 0 Å². The number of methoxy groups -OCH3 is 1. The lowest BCUT2D eigenvalue weighted by molar-refractivity contribution is -0.0231. The molecule has 0 saturated carbocycles. The van der Waals surface area contributed by atoms with Gasteiger partial charge in [-0.05, 0) is 0 Å². The molecule has 4 atom stereocenters. The van der Waals surface area contributed by atoms with Gasteiger partial charge in [0.05, 0.1) is 13.7 Å². The van der Waals surface area contributed by atoms with Crippen LogP contribution in [0.25, 0.3) is 0 Å². The number of nitrogens with one attached hydrogen (secondary N) is 1. The van der Waals surface area contributed by atoms with Crippen molar-refractivity contribution in [3.63, 3.8) is 0 Å². The van der Waals surface area contributed by atoms with Crippen LogP contribution in [-0.2, 0) is 4.74 Å². The summed E-state index contributed by atoms with van der Waals surface area (Å²) in [4.78, 5) is 6.65. The fourth-order valence-corrected chi connectivity index (χ4v) is 2.11. The van der Waals surface area contributed by atoms with Crippen LogP contribution in [0.5, 0.6) is 6.01 Å². The molecule has 0 unspecified atom stereocenters. The number of nitrogens with zero attached hydrogens (tertiary/aromatic N) is 1. The van der Waals surface area contributed by atoms with Gasteiger partial charge >= 0.3 is 0 Å². The van der Waals surface area contributed by atoms with Crippen molar-refractivity contribution >= 4 is 12.2 Å². The number of rotatable bonds is 3. The molecule has 0 bridgehead atoms. The van der Waals surface area contributed by atoms with Crippen LogP contribution >= 0.6 is 12.2 Å². The molecule has 1 aliphatic heterocycles. The monoisotopic (exact) mass is 274 g/mol. The van der Waals surface area contributed by atoms with Crippen LogP contribution in [0.2, 0.25) is 0 Å². The lowest BCUT2D eigenvalue weighted by Crippen LogP contribution is -2.32. The standard InChI is InChI=1S/C10H14N2O5S/c1-16-10-11-2-4(9(18)12-10)8-7(15)6(14)5(3-13)17-8/h2,5-8,13-15H,3H2,1H3,(H,11,12,18)/t5-,6-,7-,8+/m1/s1. The van der Waals surface area contributed by atoms with Crippen LogP contribution in [0.1, 0.15) is 11.7 Å². The number of aromatic amines is 1. The first-order valence-electron chi connectivity index (χ1n) is 5.34. The molecule has 0 spiro atoms. The highest BCUT2D eigenvalue weighted by Gasteiger charge is 2.43. The summed E-state index contributed by atoms with van der Waals surface area (Å²) in [5, 5.41) is 28.5. The van der Waals surface area contributed by atoms with Crippen molar-refractivity contribution in [2.45, 2.75) is 24.4 Å². The fraction of sp³-hybridized carbons (Fsp3) is 0.600. The van der Waals surface area contributed by atoms with Crippen LogP contribution in [-0.4, -0.2) is 57.3 Å². The molecule has 0 radical (unpaired) electrons. The van der Waals surface area contributed by atoms with Gasteiger partial charge < -0.3 is 29.8 Å². The Bertz CT molecular complexity index is 480. The van der Waals surface area contributed by atoms with Crippen LogP contribution in [0.15, 0.2) is 6.20 Å². The number of H-pyrrole nitrogens is 1. The van der Waals surface area contributed by atoms with Crippen molar-refractivity contribution in [2.75, 3.05) is 13.7 Å². The van der Waals surface area contributed by atoms with Crippen molar-refractivity contribution < 1.29 is 24.8 Å². The summed E-state index contributed by atoms with van der Waals surface area (Å²) in [5.74, 6) is 0. The van der Waals surface area contributed by atoms with E-state index in [1.165, 1.54) is 13.3 Å². The Kier molecular flexibility index (Phi) is 3.93. The van der Waals surface area contributed by atoms with E-state index in [0.717, 1.165) is 0 Å². The minimum atomic E-state index is -1.16. The van der Waals surface area contributed by atoms with Gasteiger partial charge in [-0.1, -0.05) is 12.2 Å². The quantitative estimate of drug-likeness (QED) is 0.540. The number of hydrogen-bond donors (Lipinski definition) is 4. The van der Waals surface area contributed by atoms with E-state index in [0.29, 0.717) is 10.2 Å². The van der Waals surface area contributed by atoms with E-state index in [9.17, 15) is 10.2 Å². The first kappa shape index (κ1) is 13.4. The number of aliphatic hydroxyl groups is 3. The maximum Gasteiger partial charge on any atom is 0.294 e. The van der Waals surface area contributed by atoms with Crippen molar-refractivity contribution in [1.82, 2.24) is 9.97 Å². The van der Waals surface area contributed by atoms with Crippen molar-refractivity contribution in [3.8, 4) is 6.01 Å². The minimum absolute atomic E-state index is 0.246. The predicted molar refractivity (Wildman–Crippen MR) is 62.7 cm³/mol. The highest BCUT2D eigenvalue weighted by molar-refractivity contribution is 7.71. The van der Waals surface area contributed by atoms with Crippen LogP contribution in [0, 0.1) is 4.64 Å². The van der Waals surface area contributed by atoms with E-state index in [1.54, 1.807) is 0 Å². The Labute approximate surface area is 108 Å². The van der Waals surface area contributed by atoms with E-state index < -0.39 is 24.4 Å². The molecular formula is C10H14N2O5S. The third-order valence-electron chi connectivity index (χ3n) is 2.85. The molecule has 1 saturated heterocycles. The summed E-state index contributed by atoms with van der Waals surface area (Å²) in [6.45, 7) is -0.380. The molecule has 0 aliphatic carbocycles. The van der Waals surface area contributed by atoms with Gasteiger partial charge in [-0.3, -0.25) is 0 Å². The summed E-state index contributed by atoms with van der Waals surface area (Å²) in [6.07, 6.45) is -2.55. The van der Waals surface area contributed by atoms with Gasteiger partial charge in [-0.15, -0.1) is 0 Å². The molecule has 4 N–H and O–H groups in total. The molecule has 1 aliphatic rings. The van der Waals surface area contributed by atoms with Gasteiger partial charge in [-0.2, -0.15) is 0 Å². The van der Waals surface area contributed by atoms with Crippen molar-refractivity contribution in [1.29, 1.82) is 0 Å². The van der Waals surface area contributed by atoms with Crippen LogP contribution < -0.4 is 4.74 Å². The molecule has 18 heavy (non-hydrogen) atoms. The Morgan fingerprint density at radius 2 is 2.22 bits per heavy atom. The maximum absolute atomic E-state index is 9.86. The summed E-state index contributed by atoms with van der Waals surface area (Å²) in [7, 11) is 1.44. The number of aliphatic hydroxyl groups excluding tert-OH is 3. The van der Waals surface area contributed by atoms with E-state index >= 15 is 0 Å². The summed E-state index contributed by atoms with van der Waals surface area (Å²) < 4.78 is 10.5. The van der Waals surface area contributed by atoms with Crippen LogP contribution in [0.3, 0.4) is 0 Å². The lowest BCUT2D eigenvalue weighted by atomic mass is 10.0. The Morgan fingerprint density at radius 1 is 1.50 bits per heavy atom. The Morgan fingerprint density at radius 3 is 2.72 bits per heavy atom. The first-order valence-corrected chi connectivity index (χ1v) is 5.75. The Hall–Kier alpha value is -1.06. The molecule has 0 aromatic carbocycles. The van der Waals surface area contributed by atoms with Gasteiger partial charge in [0, 0.05) is 11.8 Å². The van der Waals surface area contributed by atoms with E-state index in [1.807, 2.05) is 0 Å². The fourth-order valence-electron chi connectivity index (χ4n) is 1.85. The van der Waals surface area contributed by atoms with Crippen molar-refractivity contribution in [3.05, 3.63) is 16.4 Å². The van der Waals surface area contributed by atoms with Gasteiger partial charge in [0.2, 0.25) is 0 Å². The molecule has 2 heterocycles. The average molecular weight is 274 g/mol. The van der Waals surface area contributed by atoms with E-state index in [4.69, 9.17) is 26.8 Å². The molecule has 1 fully saturated rings. The predicted octanol–water partition coefficient (Wildman–Crippen LogP) is -0.698. The number of aromatic nitrogens is 2. The topological polar surface area (TPSA) is 108 Å².